The van der Waals surface area contributed by atoms with Gasteiger partial charge in [0, 0.05) is 17.2 Å². The maximum atomic E-state index is 13.4. The molecule has 0 atom stereocenters. The van der Waals surface area contributed by atoms with E-state index in [4.69, 9.17) is 5.73 Å². The smallest absolute Gasteiger partial charge is 0.256 e. The van der Waals surface area contributed by atoms with E-state index in [1.54, 1.807) is 48.7 Å². The summed E-state index contributed by atoms with van der Waals surface area (Å²) in [5.74, 6) is -0.703. The number of hydrogen-bond acceptors (Lipinski definition) is 3. The van der Waals surface area contributed by atoms with E-state index in [1.807, 2.05) is 30.3 Å². The van der Waals surface area contributed by atoms with Crippen molar-refractivity contribution >= 4 is 39.8 Å². The number of carbonyl (C=O) groups is 1. The van der Waals surface area contributed by atoms with Crippen LogP contribution in [0, 0.1) is 5.82 Å². The second-order valence-electron chi connectivity index (χ2n) is 6.52. The lowest BCUT2D eigenvalue weighted by Gasteiger charge is -2.12. The van der Waals surface area contributed by atoms with Gasteiger partial charge in [0.2, 0.25) is 0 Å². The van der Waals surface area contributed by atoms with Gasteiger partial charge in [-0.1, -0.05) is 42.5 Å². The van der Waals surface area contributed by atoms with Crippen molar-refractivity contribution in [1.29, 1.82) is 0 Å². The van der Waals surface area contributed by atoms with E-state index >= 15 is 0 Å². The number of fused-ring (bicyclic) bond motifs is 1. The molecule has 0 bridgehead atoms. The Morgan fingerprint density at radius 2 is 1.66 bits per heavy atom. The van der Waals surface area contributed by atoms with Crippen LogP contribution in [0.1, 0.15) is 11.1 Å². The van der Waals surface area contributed by atoms with Crippen LogP contribution >= 0.6 is 0 Å². The molecule has 0 aliphatic heterocycles. The van der Waals surface area contributed by atoms with E-state index in [9.17, 15) is 9.18 Å². The summed E-state index contributed by atoms with van der Waals surface area (Å²) in [6, 6.07) is 22.4. The number of nitrogens with one attached hydrogen (secondary N) is 1. The zero-order valence-corrected chi connectivity index (χ0v) is 15.5. The average molecular weight is 383 g/mol. The number of benzene rings is 3. The molecule has 4 nitrogen and oxygen atoms in total. The van der Waals surface area contributed by atoms with E-state index < -0.39 is 0 Å². The van der Waals surface area contributed by atoms with Crippen molar-refractivity contribution in [2.75, 3.05) is 11.1 Å². The topological polar surface area (TPSA) is 68.0 Å². The summed E-state index contributed by atoms with van der Waals surface area (Å²) in [5, 5.41) is 3.77. The van der Waals surface area contributed by atoms with Gasteiger partial charge in [-0.25, -0.2) is 4.39 Å². The summed E-state index contributed by atoms with van der Waals surface area (Å²) in [4.78, 5) is 17.5. The number of nitrogen functional groups attached to an aromatic ring is 1. The highest BCUT2D eigenvalue weighted by Gasteiger charge is 2.15. The summed E-state index contributed by atoms with van der Waals surface area (Å²) in [5.41, 5.74) is 9.60. The van der Waals surface area contributed by atoms with E-state index in [0.717, 1.165) is 16.5 Å². The number of anilines is 2. The number of nitrogens with two attached hydrogens (primary N) is 1. The average Bonchev–Trinajstić information content (AvgIpc) is 2.74. The van der Waals surface area contributed by atoms with Crippen molar-refractivity contribution in [3.63, 3.8) is 0 Å². The molecule has 0 saturated heterocycles. The first kappa shape index (κ1) is 18.4. The van der Waals surface area contributed by atoms with Crippen molar-refractivity contribution in [3.8, 4) is 0 Å². The minimum absolute atomic E-state index is 0.338. The third-order valence-corrected chi connectivity index (χ3v) is 4.59. The third-order valence-electron chi connectivity index (χ3n) is 4.59. The summed E-state index contributed by atoms with van der Waals surface area (Å²) in [7, 11) is 0. The fourth-order valence-electron chi connectivity index (χ4n) is 3.11. The molecule has 142 valence electrons. The van der Waals surface area contributed by atoms with Gasteiger partial charge in [0.05, 0.1) is 16.9 Å². The van der Waals surface area contributed by atoms with E-state index in [2.05, 4.69) is 10.3 Å². The Morgan fingerprint density at radius 1 is 0.931 bits per heavy atom. The Bertz CT molecular complexity index is 1210. The van der Waals surface area contributed by atoms with Gasteiger partial charge in [-0.3, -0.25) is 9.78 Å². The van der Waals surface area contributed by atoms with Gasteiger partial charge in [0.1, 0.15) is 5.82 Å². The van der Waals surface area contributed by atoms with E-state index in [1.165, 1.54) is 12.1 Å². The maximum absolute atomic E-state index is 13.4. The molecule has 0 fully saturated rings. The molecule has 1 heterocycles. The molecule has 3 N–H and O–H groups in total. The maximum Gasteiger partial charge on any atom is 0.256 e. The lowest BCUT2D eigenvalue weighted by atomic mass is 10.00. The number of rotatable bonds is 4. The summed E-state index contributed by atoms with van der Waals surface area (Å²) in [6.45, 7) is 0. The van der Waals surface area contributed by atoms with Crippen LogP contribution in [0.3, 0.4) is 0 Å². The van der Waals surface area contributed by atoms with Gasteiger partial charge in [-0.05, 0) is 53.6 Å². The Morgan fingerprint density at radius 3 is 2.45 bits per heavy atom. The Hall–Kier alpha value is -3.99. The number of hydrogen-bond donors (Lipinski definition) is 2. The van der Waals surface area contributed by atoms with Gasteiger partial charge in [-0.2, -0.15) is 0 Å². The highest BCUT2D eigenvalue weighted by atomic mass is 19.1. The van der Waals surface area contributed by atoms with Crippen LogP contribution in [0.25, 0.3) is 22.6 Å². The fourth-order valence-corrected chi connectivity index (χ4v) is 3.11. The predicted octanol–water partition coefficient (Wildman–Crippen LogP) is 5.14. The zero-order chi connectivity index (χ0) is 20.2. The first-order valence-electron chi connectivity index (χ1n) is 9.09. The molecule has 1 amide bonds. The molecule has 0 saturated carbocycles. The standard InChI is InChI=1S/C24H18FN3O/c25-18-11-9-16(10-12-18)20(24(29)28-23-8-4-2-6-21(23)26)15-17-13-14-27-22-7-3-1-5-19(17)22/h1-15H,26H2,(H,28,29). The van der Waals surface area contributed by atoms with Crippen molar-refractivity contribution < 1.29 is 9.18 Å². The first-order valence-corrected chi connectivity index (χ1v) is 9.09. The lowest BCUT2D eigenvalue weighted by Crippen LogP contribution is -2.14. The van der Waals surface area contributed by atoms with Crippen LogP contribution in [0.4, 0.5) is 15.8 Å². The van der Waals surface area contributed by atoms with Crippen LogP contribution in [-0.2, 0) is 4.79 Å². The number of nitrogens with zero attached hydrogens (tertiary/aromatic N) is 1. The molecule has 29 heavy (non-hydrogen) atoms. The molecule has 0 radical (unpaired) electrons. The molecule has 0 aliphatic rings. The normalized spacial score (nSPS) is 11.4. The number of para-hydroxylation sites is 3. The zero-order valence-electron chi connectivity index (χ0n) is 15.5. The van der Waals surface area contributed by atoms with Crippen LogP contribution in [0.15, 0.2) is 85.1 Å². The summed E-state index contributed by atoms with van der Waals surface area (Å²) < 4.78 is 13.4. The van der Waals surface area contributed by atoms with Gasteiger partial charge in [0.15, 0.2) is 0 Å². The fraction of sp³-hybridized carbons (Fsp3) is 0. The van der Waals surface area contributed by atoms with Gasteiger partial charge in [-0.15, -0.1) is 0 Å². The second kappa shape index (κ2) is 7.94. The first-order chi connectivity index (χ1) is 14.1. The van der Waals surface area contributed by atoms with Crippen LogP contribution < -0.4 is 11.1 Å². The highest BCUT2D eigenvalue weighted by Crippen LogP contribution is 2.26. The van der Waals surface area contributed by atoms with Crippen LogP contribution in [0.5, 0.6) is 0 Å². The van der Waals surface area contributed by atoms with Crippen molar-refractivity contribution in [1.82, 2.24) is 4.98 Å². The van der Waals surface area contributed by atoms with Gasteiger partial charge >= 0.3 is 0 Å². The summed E-state index contributed by atoms with van der Waals surface area (Å²) in [6.07, 6.45) is 3.48. The van der Waals surface area contributed by atoms with Crippen LogP contribution in [0.2, 0.25) is 0 Å². The van der Waals surface area contributed by atoms with Crippen molar-refractivity contribution in [2.24, 2.45) is 0 Å². The SMILES string of the molecule is Nc1ccccc1NC(=O)C(=Cc1ccnc2ccccc12)c1ccc(F)cc1. The highest BCUT2D eigenvalue weighted by molar-refractivity contribution is 6.30. The van der Waals surface area contributed by atoms with Crippen molar-refractivity contribution in [2.45, 2.75) is 0 Å². The van der Waals surface area contributed by atoms with Crippen molar-refractivity contribution in [3.05, 3.63) is 102 Å². The van der Waals surface area contributed by atoms with E-state index in [-0.39, 0.29) is 11.7 Å². The Kier molecular flexibility index (Phi) is 5.03. The number of halogens is 1. The monoisotopic (exact) mass is 383 g/mol. The van der Waals surface area contributed by atoms with Gasteiger partial charge in [0.25, 0.3) is 5.91 Å². The van der Waals surface area contributed by atoms with Crippen LogP contribution in [-0.4, -0.2) is 10.9 Å². The molecule has 0 aliphatic carbocycles. The second-order valence-corrected chi connectivity index (χ2v) is 6.52. The molecule has 0 unspecified atom stereocenters. The quantitative estimate of drug-likeness (QED) is 0.379. The lowest BCUT2D eigenvalue weighted by molar-refractivity contribution is -0.111. The molecular formula is C24H18FN3O. The predicted molar refractivity (Wildman–Crippen MR) is 115 cm³/mol. The third kappa shape index (κ3) is 3.99. The molecule has 0 spiro atoms. The molecule has 5 heteroatoms. The number of pyridine rings is 1. The Balaban J connectivity index is 1.82. The van der Waals surface area contributed by atoms with Gasteiger partial charge < -0.3 is 11.1 Å². The number of amides is 1. The Labute approximate surface area is 167 Å². The number of carbonyl (C=O) groups excluding carboxylic acids is 1. The number of aromatic nitrogens is 1. The molecule has 4 rings (SSSR count). The molecule has 3 aromatic carbocycles. The largest absolute Gasteiger partial charge is 0.397 e. The molecule has 4 aromatic rings. The minimum atomic E-state index is -0.366. The minimum Gasteiger partial charge on any atom is -0.397 e. The summed E-state index contributed by atoms with van der Waals surface area (Å²) >= 11 is 0. The van der Waals surface area contributed by atoms with E-state index in [0.29, 0.717) is 22.5 Å². The molecule has 1 aromatic heterocycles. The molecular weight excluding hydrogens is 365 g/mol.